The van der Waals surface area contributed by atoms with Gasteiger partial charge in [-0.3, -0.25) is 0 Å². The van der Waals surface area contributed by atoms with Gasteiger partial charge in [0.25, 0.3) is 0 Å². The van der Waals surface area contributed by atoms with Gasteiger partial charge in [-0.25, -0.2) is 8.42 Å². The Morgan fingerprint density at radius 1 is 0.650 bits per heavy atom. The summed E-state index contributed by atoms with van der Waals surface area (Å²) in [5.74, 6) is -0.190. The molecular weight excluding hydrogens is 283 g/mol. The van der Waals surface area contributed by atoms with Crippen molar-refractivity contribution in [3.8, 4) is 0 Å². The van der Waals surface area contributed by atoms with Crippen LogP contribution in [0.3, 0.4) is 0 Å². The molecule has 0 spiro atoms. The van der Waals surface area contributed by atoms with Crippen molar-refractivity contribution in [1.82, 2.24) is 0 Å². The van der Waals surface area contributed by atoms with Crippen LogP contribution >= 0.6 is 0 Å². The van der Waals surface area contributed by atoms with E-state index in [-0.39, 0.29) is 35.3 Å². The van der Waals surface area contributed by atoms with Crippen molar-refractivity contribution in [3.63, 3.8) is 0 Å². The van der Waals surface area contributed by atoms with Gasteiger partial charge in [-0.2, -0.15) is 0 Å². The fraction of sp³-hybridized carbons (Fsp3) is 1.00. The second kappa shape index (κ2) is 16.3. The molecule has 0 heterocycles. The average molecular weight is 314 g/mol. The van der Waals surface area contributed by atoms with Gasteiger partial charge in [0.2, 0.25) is 0 Å². The third kappa shape index (κ3) is 21.2. The number of unbranched alkanes of at least 4 members (excludes halogenated alkanes) is 12. The summed E-state index contributed by atoms with van der Waals surface area (Å²) in [6.07, 6.45) is 15.7. The Morgan fingerprint density at radius 3 is 1.25 bits per heavy atom. The van der Waals surface area contributed by atoms with Gasteiger partial charge in [0, 0.05) is 5.75 Å². The molecule has 0 aromatic carbocycles. The van der Waals surface area contributed by atoms with Crippen molar-refractivity contribution >= 4 is 10.1 Å². The molecule has 5 heteroatoms. The van der Waals surface area contributed by atoms with Crippen molar-refractivity contribution < 1.29 is 42.5 Å². The van der Waals surface area contributed by atoms with Gasteiger partial charge < -0.3 is 4.55 Å². The molecule has 3 nitrogen and oxygen atoms in total. The summed E-state index contributed by atoms with van der Waals surface area (Å²) in [6, 6.07) is 0. The predicted octanol–water partition coefficient (Wildman–Crippen LogP) is 1.63. The first-order valence-electron chi connectivity index (χ1n) is 8.00. The van der Waals surface area contributed by atoms with Crippen LogP contribution in [-0.4, -0.2) is 18.7 Å². The van der Waals surface area contributed by atoms with E-state index in [9.17, 15) is 13.0 Å². The smallest absolute Gasteiger partial charge is 0.748 e. The predicted molar refractivity (Wildman–Crippen MR) is 80.3 cm³/mol. The SMILES string of the molecule is CCCCCCCCCCCCCCCS(=O)(=O)[O-].[Na+]. The Labute approximate surface area is 148 Å². The molecule has 0 rings (SSSR count). The molecule has 0 saturated carbocycles. The van der Waals surface area contributed by atoms with E-state index in [1.807, 2.05) is 0 Å². The van der Waals surface area contributed by atoms with Gasteiger partial charge in [-0.1, -0.05) is 84.0 Å². The Kier molecular flexibility index (Phi) is 18.9. The van der Waals surface area contributed by atoms with E-state index < -0.39 is 10.1 Å². The molecule has 0 aliphatic carbocycles. The zero-order valence-electron chi connectivity index (χ0n) is 13.5. The van der Waals surface area contributed by atoms with Crippen LogP contribution in [-0.2, 0) is 10.1 Å². The minimum absolute atomic E-state index is 0. The van der Waals surface area contributed by atoms with E-state index in [1.54, 1.807) is 0 Å². The second-order valence-electron chi connectivity index (χ2n) is 5.50. The van der Waals surface area contributed by atoms with E-state index in [4.69, 9.17) is 0 Å². The zero-order valence-corrected chi connectivity index (χ0v) is 16.3. The van der Waals surface area contributed by atoms with Crippen LogP contribution in [0.25, 0.3) is 0 Å². The first kappa shape index (κ1) is 23.2. The molecule has 0 amide bonds. The maximum atomic E-state index is 10.4. The quantitative estimate of drug-likeness (QED) is 0.278. The van der Waals surface area contributed by atoms with Crippen LogP contribution in [0.4, 0.5) is 0 Å². The Balaban J connectivity index is 0. The van der Waals surface area contributed by atoms with Crippen LogP contribution in [0.15, 0.2) is 0 Å². The molecule has 0 saturated heterocycles. The molecule has 0 N–H and O–H groups in total. The van der Waals surface area contributed by atoms with Gasteiger partial charge in [-0.15, -0.1) is 0 Å². The third-order valence-electron chi connectivity index (χ3n) is 3.50. The maximum Gasteiger partial charge on any atom is 1.00 e. The Bertz CT molecular complexity index is 279. The van der Waals surface area contributed by atoms with Crippen molar-refractivity contribution in [2.75, 3.05) is 5.75 Å². The zero-order chi connectivity index (χ0) is 14.4. The summed E-state index contributed by atoms with van der Waals surface area (Å²) in [5, 5.41) is 0. The monoisotopic (exact) mass is 314 g/mol. The van der Waals surface area contributed by atoms with E-state index in [2.05, 4.69) is 6.92 Å². The van der Waals surface area contributed by atoms with Crippen LogP contribution < -0.4 is 29.6 Å². The van der Waals surface area contributed by atoms with Crippen LogP contribution in [0.1, 0.15) is 90.4 Å². The van der Waals surface area contributed by atoms with Crippen molar-refractivity contribution in [3.05, 3.63) is 0 Å². The summed E-state index contributed by atoms with van der Waals surface area (Å²) < 4.78 is 31.1. The molecular formula is C15H31NaO3S. The van der Waals surface area contributed by atoms with Crippen molar-refractivity contribution in [2.45, 2.75) is 90.4 Å². The molecule has 116 valence electrons. The Hall–Kier alpha value is 0.910. The minimum atomic E-state index is -3.99. The normalized spacial score (nSPS) is 11.3. The van der Waals surface area contributed by atoms with Crippen LogP contribution in [0.5, 0.6) is 0 Å². The maximum absolute atomic E-state index is 10.4. The average Bonchev–Trinajstić information content (AvgIpc) is 2.34. The summed E-state index contributed by atoms with van der Waals surface area (Å²) in [4.78, 5) is 0. The fourth-order valence-electron chi connectivity index (χ4n) is 2.30. The summed E-state index contributed by atoms with van der Waals surface area (Å²) in [6.45, 7) is 2.24. The second-order valence-corrected chi connectivity index (χ2v) is 7.03. The number of hydrogen-bond acceptors (Lipinski definition) is 3. The Morgan fingerprint density at radius 2 is 0.950 bits per heavy atom. The minimum Gasteiger partial charge on any atom is -0.748 e. The molecule has 0 radical (unpaired) electrons. The molecule has 0 aromatic heterocycles. The number of hydrogen-bond donors (Lipinski definition) is 0. The first-order valence-corrected chi connectivity index (χ1v) is 9.57. The van der Waals surface area contributed by atoms with Gasteiger partial charge in [0.1, 0.15) is 0 Å². The molecule has 0 aromatic rings. The molecule has 0 aliphatic rings. The molecule has 20 heavy (non-hydrogen) atoms. The first-order chi connectivity index (χ1) is 9.06. The van der Waals surface area contributed by atoms with E-state index >= 15 is 0 Å². The molecule has 0 bridgehead atoms. The largest absolute Gasteiger partial charge is 1.00 e. The summed E-state index contributed by atoms with van der Waals surface area (Å²) >= 11 is 0. The standard InChI is InChI=1S/C15H32O3S.Na/c1-2-3-4-5-6-7-8-9-10-11-12-13-14-15-19(16,17)18;/h2-15H2,1H3,(H,16,17,18);/q;+1/p-1. The summed E-state index contributed by atoms with van der Waals surface area (Å²) in [5.41, 5.74) is 0. The van der Waals surface area contributed by atoms with Crippen LogP contribution in [0.2, 0.25) is 0 Å². The third-order valence-corrected chi connectivity index (χ3v) is 4.29. The van der Waals surface area contributed by atoms with Gasteiger partial charge in [0.15, 0.2) is 0 Å². The van der Waals surface area contributed by atoms with Crippen molar-refractivity contribution in [1.29, 1.82) is 0 Å². The number of rotatable bonds is 14. The van der Waals surface area contributed by atoms with Crippen molar-refractivity contribution in [2.24, 2.45) is 0 Å². The topological polar surface area (TPSA) is 57.2 Å². The van der Waals surface area contributed by atoms with Gasteiger partial charge in [0.05, 0.1) is 10.1 Å². The van der Waals surface area contributed by atoms with E-state index in [1.165, 1.54) is 64.2 Å². The molecule has 0 fully saturated rings. The molecule has 0 atom stereocenters. The van der Waals surface area contributed by atoms with E-state index in [0.717, 1.165) is 12.8 Å². The van der Waals surface area contributed by atoms with E-state index in [0.29, 0.717) is 6.42 Å². The van der Waals surface area contributed by atoms with Gasteiger partial charge in [-0.05, 0) is 6.42 Å². The van der Waals surface area contributed by atoms with Gasteiger partial charge >= 0.3 is 29.6 Å². The fourth-order valence-corrected chi connectivity index (χ4v) is 2.85. The molecule has 0 aliphatic heterocycles. The molecule has 0 unspecified atom stereocenters. The summed E-state index contributed by atoms with van der Waals surface area (Å²) in [7, 11) is -3.99. The van der Waals surface area contributed by atoms with Crippen LogP contribution in [0, 0.1) is 0 Å².